The number of amides is 1. The van der Waals surface area contributed by atoms with E-state index in [2.05, 4.69) is 38.2 Å². The zero-order chi connectivity index (χ0) is 16.8. The number of benzene rings is 2. The monoisotopic (exact) mass is 310 g/mol. The van der Waals surface area contributed by atoms with Crippen LogP contribution in [0.3, 0.4) is 0 Å². The number of nitrogens with one attached hydrogen (secondary N) is 1. The third-order valence-corrected chi connectivity index (χ3v) is 4.00. The van der Waals surface area contributed by atoms with E-state index in [1.165, 1.54) is 16.7 Å². The Labute approximate surface area is 139 Å². The molecule has 0 saturated carbocycles. The maximum atomic E-state index is 12.5. The molecule has 0 aliphatic heterocycles. The second kappa shape index (κ2) is 7.82. The van der Waals surface area contributed by atoms with Crippen LogP contribution < -0.4 is 10.2 Å². The van der Waals surface area contributed by atoms with Crippen molar-refractivity contribution in [2.75, 3.05) is 23.3 Å². The molecule has 23 heavy (non-hydrogen) atoms. The Kier molecular flexibility index (Phi) is 5.80. The summed E-state index contributed by atoms with van der Waals surface area (Å²) in [6.45, 7) is 9.65. The van der Waals surface area contributed by atoms with Gasteiger partial charge < -0.3 is 10.2 Å². The highest BCUT2D eigenvalue weighted by atomic mass is 16.2. The van der Waals surface area contributed by atoms with E-state index in [0.717, 1.165) is 11.4 Å². The fourth-order valence-corrected chi connectivity index (χ4v) is 3.00. The predicted octanol–water partition coefficient (Wildman–Crippen LogP) is 4.47. The van der Waals surface area contributed by atoms with Gasteiger partial charge in [0, 0.05) is 30.9 Å². The number of aryl methyl sites for hydroxylation is 3. The highest BCUT2D eigenvalue weighted by Gasteiger charge is 2.13. The van der Waals surface area contributed by atoms with Crippen LogP contribution in [0.4, 0.5) is 11.4 Å². The van der Waals surface area contributed by atoms with E-state index >= 15 is 0 Å². The molecule has 2 aromatic rings. The van der Waals surface area contributed by atoms with E-state index in [1.807, 2.05) is 42.2 Å². The van der Waals surface area contributed by atoms with Crippen LogP contribution in [0.2, 0.25) is 0 Å². The Morgan fingerprint density at radius 1 is 1.04 bits per heavy atom. The lowest BCUT2D eigenvalue weighted by atomic mass is 10.1. The number of nitrogens with zero attached hydrogens (tertiary/aromatic N) is 1. The summed E-state index contributed by atoms with van der Waals surface area (Å²) >= 11 is 0. The van der Waals surface area contributed by atoms with Gasteiger partial charge in [-0.15, -0.1) is 0 Å². The number of anilines is 2. The molecular formula is C20H26N2O. The minimum Gasteiger partial charge on any atom is -0.384 e. The molecule has 3 heteroatoms. The lowest BCUT2D eigenvalue weighted by Gasteiger charge is -2.21. The molecule has 0 aliphatic rings. The van der Waals surface area contributed by atoms with Crippen LogP contribution in [0.25, 0.3) is 0 Å². The van der Waals surface area contributed by atoms with Gasteiger partial charge in [-0.05, 0) is 51.0 Å². The summed E-state index contributed by atoms with van der Waals surface area (Å²) in [5, 5.41) is 3.42. The summed E-state index contributed by atoms with van der Waals surface area (Å²) in [5.74, 6) is 0.147. The number of hydrogen-bond acceptors (Lipinski definition) is 2. The predicted molar refractivity (Wildman–Crippen MR) is 98.2 cm³/mol. The van der Waals surface area contributed by atoms with Crippen LogP contribution in [-0.4, -0.2) is 19.0 Å². The van der Waals surface area contributed by atoms with Crippen molar-refractivity contribution in [2.45, 2.75) is 34.1 Å². The standard InChI is InChI=1S/C20H26N2O/c1-5-22(18-9-7-6-8-10-18)19(23)11-12-21-20-16(3)13-15(2)14-17(20)4/h6-10,13-14,21H,5,11-12H2,1-4H3. The van der Waals surface area contributed by atoms with Crippen molar-refractivity contribution >= 4 is 17.3 Å². The third-order valence-electron chi connectivity index (χ3n) is 4.00. The minimum atomic E-state index is 0.147. The first-order chi connectivity index (χ1) is 11.0. The van der Waals surface area contributed by atoms with E-state index in [1.54, 1.807) is 0 Å². The van der Waals surface area contributed by atoms with E-state index in [9.17, 15) is 4.79 Å². The lowest BCUT2D eigenvalue weighted by Crippen LogP contribution is -2.31. The lowest BCUT2D eigenvalue weighted by molar-refractivity contribution is -0.118. The third kappa shape index (κ3) is 4.35. The first-order valence-electron chi connectivity index (χ1n) is 8.20. The van der Waals surface area contributed by atoms with Gasteiger partial charge in [-0.2, -0.15) is 0 Å². The molecule has 0 spiro atoms. The van der Waals surface area contributed by atoms with Gasteiger partial charge in [0.05, 0.1) is 0 Å². The average Bonchev–Trinajstić information content (AvgIpc) is 2.51. The SMILES string of the molecule is CCN(C(=O)CCNc1c(C)cc(C)cc1C)c1ccccc1. The fourth-order valence-electron chi connectivity index (χ4n) is 3.00. The van der Waals surface area contributed by atoms with Crippen molar-refractivity contribution in [3.05, 3.63) is 59.2 Å². The normalized spacial score (nSPS) is 10.4. The largest absolute Gasteiger partial charge is 0.384 e. The second-order valence-electron chi connectivity index (χ2n) is 5.92. The Morgan fingerprint density at radius 3 is 2.22 bits per heavy atom. The van der Waals surface area contributed by atoms with Gasteiger partial charge in [0.25, 0.3) is 0 Å². The average molecular weight is 310 g/mol. The van der Waals surface area contributed by atoms with E-state index in [4.69, 9.17) is 0 Å². The molecule has 0 atom stereocenters. The van der Waals surface area contributed by atoms with Gasteiger partial charge in [0.1, 0.15) is 0 Å². The van der Waals surface area contributed by atoms with Crippen molar-refractivity contribution in [3.8, 4) is 0 Å². The maximum absolute atomic E-state index is 12.5. The van der Waals surface area contributed by atoms with Crippen LogP contribution in [0.15, 0.2) is 42.5 Å². The van der Waals surface area contributed by atoms with Crippen molar-refractivity contribution in [3.63, 3.8) is 0 Å². The van der Waals surface area contributed by atoms with Crippen molar-refractivity contribution in [2.24, 2.45) is 0 Å². The van der Waals surface area contributed by atoms with Crippen LogP contribution >= 0.6 is 0 Å². The van der Waals surface area contributed by atoms with E-state index in [0.29, 0.717) is 19.5 Å². The molecule has 0 aromatic heterocycles. The number of carbonyl (C=O) groups excluding carboxylic acids is 1. The Morgan fingerprint density at radius 2 is 1.65 bits per heavy atom. The maximum Gasteiger partial charge on any atom is 0.228 e. The molecule has 0 unspecified atom stereocenters. The summed E-state index contributed by atoms with van der Waals surface area (Å²) in [5.41, 5.74) is 5.83. The number of rotatable bonds is 6. The molecule has 2 aromatic carbocycles. The van der Waals surface area contributed by atoms with Crippen LogP contribution in [0.5, 0.6) is 0 Å². The van der Waals surface area contributed by atoms with Gasteiger partial charge in [-0.3, -0.25) is 4.79 Å². The van der Waals surface area contributed by atoms with Crippen molar-refractivity contribution < 1.29 is 4.79 Å². The highest BCUT2D eigenvalue weighted by molar-refractivity contribution is 5.93. The molecule has 0 heterocycles. The Bertz CT molecular complexity index is 642. The summed E-state index contributed by atoms with van der Waals surface area (Å²) < 4.78 is 0. The van der Waals surface area contributed by atoms with Crippen molar-refractivity contribution in [1.29, 1.82) is 0 Å². The topological polar surface area (TPSA) is 32.3 Å². The number of hydrogen-bond donors (Lipinski definition) is 1. The highest BCUT2D eigenvalue weighted by Crippen LogP contribution is 2.22. The summed E-state index contributed by atoms with van der Waals surface area (Å²) in [4.78, 5) is 14.3. The molecule has 0 aliphatic carbocycles. The molecule has 0 saturated heterocycles. The summed E-state index contributed by atoms with van der Waals surface area (Å²) in [6, 6.07) is 14.2. The summed E-state index contributed by atoms with van der Waals surface area (Å²) in [6.07, 6.45) is 0.482. The fraction of sp³-hybridized carbons (Fsp3) is 0.350. The molecule has 1 amide bonds. The first-order valence-corrected chi connectivity index (χ1v) is 8.20. The zero-order valence-electron chi connectivity index (χ0n) is 14.5. The van der Waals surface area contributed by atoms with Gasteiger partial charge in [-0.25, -0.2) is 0 Å². The molecule has 3 nitrogen and oxygen atoms in total. The smallest absolute Gasteiger partial charge is 0.228 e. The molecule has 0 bridgehead atoms. The van der Waals surface area contributed by atoms with Gasteiger partial charge >= 0.3 is 0 Å². The van der Waals surface area contributed by atoms with Crippen molar-refractivity contribution in [1.82, 2.24) is 0 Å². The van der Waals surface area contributed by atoms with Gasteiger partial charge in [0.2, 0.25) is 5.91 Å². The molecule has 0 fully saturated rings. The Hall–Kier alpha value is -2.29. The van der Waals surface area contributed by atoms with Crippen LogP contribution in [-0.2, 0) is 4.79 Å². The zero-order valence-corrected chi connectivity index (χ0v) is 14.5. The molecule has 1 N–H and O–H groups in total. The molecule has 0 radical (unpaired) electrons. The molecule has 122 valence electrons. The Balaban J connectivity index is 1.97. The van der Waals surface area contributed by atoms with E-state index in [-0.39, 0.29) is 5.91 Å². The second-order valence-corrected chi connectivity index (χ2v) is 5.92. The van der Waals surface area contributed by atoms with Crippen LogP contribution in [0.1, 0.15) is 30.0 Å². The first kappa shape index (κ1) is 17.1. The summed E-state index contributed by atoms with van der Waals surface area (Å²) in [7, 11) is 0. The quantitative estimate of drug-likeness (QED) is 0.854. The molecule has 2 rings (SSSR count). The number of carbonyl (C=O) groups is 1. The minimum absolute atomic E-state index is 0.147. The van der Waals surface area contributed by atoms with Gasteiger partial charge in [-0.1, -0.05) is 35.9 Å². The van der Waals surface area contributed by atoms with E-state index < -0.39 is 0 Å². The molecular weight excluding hydrogens is 284 g/mol. The number of para-hydroxylation sites is 1. The van der Waals surface area contributed by atoms with Gasteiger partial charge in [0.15, 0.2) is 0 Å². The van der Waals surface area contributed by atoms with Crippen LogP contribution in [0, 0.1) is 20.8 Å².